The second-order valence-corrected chi connectivity index (χ2v) is 7.63. The van der Waals surface area contributed by atoms with Crippen molar-refractivity contribution in [3.63, 3.8) is 0 Å². The van der Waals surface area contributed by atoms with Gasteiger partial charge in [-0.2, -0.15) is 0 Å². The fourth-order valence-electron chi connectivity index (χ4n) is 2.81. The summed E-state index contributed by atoms with van der Waals surface area (Å²) in [5, 5.41) is 20.9. The van der Waals surface area contributed by atoms with Gasteiger partial charge in [-0.3, -0.25) is 0 Å². The van der Waals surface area contributed by atoms with Crippen LogP contribution in [-0.2, 0) is 0 Å². The molecular weight excluding hydrogens is 307 g/mol. The minimum absolute atomic E-state index is 0.827. The van der Waals surface area contributed by atoms with Crippen LogP contribution in [0.3, 0.4) is 0 Å². The molecule has 0 aromatic heterocycles. The van der Waals surface area contributed by atoms with Crippen LogP contribution in [0.25, 0.3) is 33.0 Å². The lowest BCUT2D eigenvalue weighted by molar-refractivity contribution is -0.107. The third-order valence-corrected chi connectivity index (χ3v) is 5.03. The Morgan fingerprint density at radius 1 is 0.680 bits per heavy atom. The van der Waals surface area contributed by atoms with E-state index < -0.39 is 11.2 Å². The summed E-state index contributed by atoms with van der Waals surface area (Å²) in [6.45, 7) is 6.31. The second kappa shape index (κ2) is 6.01. The van der Waals surface area contributed by atoms with Crippen molar-refractivity contribution < 1.29 is 10.2 Å². The van der Waals surface area contributed by atoms with Crippen LogP contribution in [0.4, 0.5) is 0 Å². The molecule has 0 aliphatic heterocycles. The van der Waals surface area contributed by atoms with Crippen molar-refractivity contribution in [2.75, 3.05) is 0 Å². The molecule has 0 spiro atoms. The zero-order valence-electron chi connectivity index (χ0n) is 15.2. The minimum atomic E-state index is -1.01. The van der Waals surface area contributed by atoms with Crippen LogP contribution in [0.1, 0.15) is 27.7 Å². The summed E-state index contributed by atoms with van der Waals surface area (Å²) in [5.74, 6) is 0. The molecule has 126 valence electrons. The number of hydrogen-bond acceptors (Lipinski definition) is 2. The highest BCUT2D eigenvalue weighted by Crippen LogP contribution is 2.46. The second-order valence-electron chi connectivity index (χ2n) is 7.63. The number of rotatable bonds is 1. The topological polar surface area (TPSA) is 40.5 Å². The highest BCUT2D eigenvalue weighted by atomic mass is 16.3. The lowest BCUT2D eigenvalue weighted by atomic mass is 9.90. The fraction of sp³-hybridized carbons (Fsp3) is 0.273. The zero-order chi connectivity index (χ0) is 18.4. The zero-order valence-corrected chi connectivity index (χ0v) is 15.2. The highest BCUT2D eigenvalue weighted by Gasteiger charge is 2.31. The van der Waals surface area contributed by atoms with E-state index in [1.165, 1.54) is 33.0 Å². The van der Waals surface area contributed by atoms with Gasteiger partial charge < -0.3 is 10.2 Å². The molecule has 3 aromatic rings. The van der Waals surface area contributed by atoms with Crippen molar-refractivity contribution >= 4 is 24.1 Å². The first-order valence-corrected chi connectivity index (χ1v) is 8.46. The van der Waals surface area contributed by atoms with E-state index in [9.17, 15) is 0 Å². The molecule has 2 radical (unpaired) electrons. The van der Waals surface area contributed by atoms with Crippen LogP contribution in [0.5, 0.6) is 0 Å². The molecule has 0 bridgehead atoms. The van der Waals surface area contributed by atoms with Gasteiger partial charge in [0.1, 0.15) is 7.85 Å². The van der Waals surface area contributed by atoms with Gasteiger partial charge in [-0.05, 0) is 60.7 Å². The van der Waals surface area contributed by atoms with E-state index in [4.69, 9.17) is 18.1 Å². The molecule has 3 heteroatoms. The molecule has 25 heavy (non-hydrogen) atoms. The van der Waals surface area contributed by atoms with Crippen molar-refractivity contribution in [1.29, 1.82) is 0 Å². The molecular formula is C22H23BO2. The lowest BCUT2D eigenvalue weighted by Crippen LogP contribution is -2.44. The highest BCUT2D eigenvalue weighted by molar-refractivity contribution is 6.33. The first-order valence-electron chi connectivity index (χ1n) is 8.46. The lowest BCUT2D eigenvalue weighted by Gasteiger charge is -2.31. The van der Waals surface area contributed by atoms with Crippen molar-refractivity contribution in [3.8, 4) is 22.3 Å². The van der Waals surface area contributed by atoms with Crippen LogP contribution < -0.4 is 5.46 Å². The molecule has 0 fully saturated rings. The fourth-order valence-corrected chi connectivity index (χ4v) is 2.81. The minimum Gasteiger partial charge on any atom is -0.387 e. The summed E-state index contributed by atoms with van der Waals surface area (Å²) >= 11 is 0. The molecule has 0 atom stereocenters. The first-order chi connectivity index (χ1) is 11.6. The number of hydrogen-bond donors (Lipinski definition) is 2. The Labute approximate surface area is 150 Å². The van der Waals surface area contributed by atoms with E-state index in [0.29, 0.717) is 0 Å². The van der Waals surface area contributed by atoms with E-state index in [2.05, 4.69) is 48.5 Å². The molecule has 0 amide bonds. The molecule has 2 N–H and O–H groups in total. The maximum Gasteiger partial charge on any atom is 0.113 e. The van der Waals surface area contributed by atoms with Crippen LogP contribution in [0, 0.1) is 0 Å². The molecule has 1 aliphatic rings. The molecule has 0 unspecified atom stereocenters. The normalized spacial score (nSPS) is 12.6. The van der Waals surface area contributed by atoms with Gasteiger partial charge in [0.2, 0.25) is 0 Å². The summed E-state index contributed by atoms with van der Waals surface area (Å²) in [5.41, 5.74) is 4.00. The van der Waals surface area contributed by atoms with Crippen LogP contribution in [0.2, 0.25) is 0 Å². The predicted molar refractivity (Wildman–Crippen MR) is 106 cm³/mol. The van der Waals surface area contributed by atoms with E-state index in [1.807, 2.05) is 6.07 Å². The third kappa shape index (κ3) is 3.22. The van der Waals surface area contributed by atoms with Crippen molar-refractivity contribution in [2.45, 2.75) is 38.9 Å². The molecule has 4 rings (SSSR count). The quantitative estimate of drug-likeness (QED) is 0.521. The van der Waals surface area contributed by atoms with E-state index in [0.717, 1.165) is 5.46 Å². The molecule has 1 aliphatic carbocycles. The van der Waals surface area contributed by atoms with Crippen molar-refractivity contribution in [1.82, 2.24) is 0 Å². The number of fused-ring (bicyclic) bond motifs is 3. The van der Waals surface area contributed by atoms with E-state index >= 15 is 0 Å². The number of aliphatic hydroxyl groups is 2. The Morgan fingerprint density at radius 2 is 1.20 bits per heavy atom. The molecule has 0 heterocycles. The predicted octanol–water partition coefficient (Wildman–Crippen LogP) is 3.81. The smallest absolute Gasteiger partial charge is 0.113 e. The Balaban J connectivity index is 0.000000197. The first kappa shape index (κ1) is 17.7. The Kier molecular flexibility index (Phi) is 4.26. The summed E-state index contributed by atoms with van der Waals surface area (Å²) in [6.07, 6.45) is 0. The monoisotopic (exact) mass is 330 g/mol. The van der Waals surface area contributed by atoms with E-state index in [1.54, 1.807) is 27.7 Å². The largest absolute Gasteiger partial charge is 0.387 e. The number of benzene rings is 3. The Hall–Kier alpha value is -2.10. The standard InChI is InChI=1S/C16H9B.C6H14O2/c17-11-7-8-12-13-5-1-3-10-4-2-6-14(16(10)13)15(12)9-11;1-5(2,7)6(3,4)8/h1-9H;7-8H,1-4H3. The third-order valence-electron chi connectivity index (χ3n) is 5.03. The maximum absolute atomic E-state index is 9.10. The molecule has 0 saturated carbocycles. The van der Waals surface area contributed by atoms with Gasteiger partial charge in [-0.15, -0.1) is 0 Å². The molecule has 0 saturated heterocycles. The van der Waals surface area contributed by atoms with Gasteiger partial charge in [-0.25, -0.2) is 0 Å². The summed E-state index contributed by atoms with van der Waals surface area (Å²) in [4.78, 5) is 0. The molecule has 3 aromatic carbocycles. The van der Waals surface area contributed by atoms with Gasteiger partial charge in [0.25, 0.3) is 0 Å². The summed E-state index contributed by atoms with van der Waals surface area (Å²) in [6, 6.07) is 19.1. The van der Waals surface area contributed by atoms with Gasteiger partial charge in [-0.1, -0.05) is 60.1 Å². The van der Waals surface area contributed by atoms with Gasteiger partial charge in [0, 0.05) is 0 Å². The van der Waals surface area contributed by atoms with Gasteiger partial charge >= 0.3 is 0 Å². The van der Waals surface area contributed by atoms with Gasteiger partial charge in [0.05, 0.1) is 11.2 Å². The summed E-state index contributed by atoms with van der Waals surface area (Å²) in [7, 11) is 5.89. The van der Waals surface area contributed by atoms with Crippen LogP contribution >= 0.6 is 0 Å². The van der Waals surface area contributed by atoms with Crippen LogP contribution in [-0.4, -0.2) is 29.3 Å². The maximum atomic E-state index is 9.10. The Morgan fingerprint density at radius 3 is 1.72 bits per heavy atom. The van der Waals surface area contributed by atoms with Gasteiger partial charge in [0.15, 0.2) is 0 Å². The Bertz CT molecular complexity index is 914. The van der Waals surface area contributed by atoms with Crippen molar-refractivity contribution in [2.24, 2.45) is 0 Å². The van der Waals surface area contributed by atoms with Crippen molar-refractivity contribution in [3.05, 3.63) is 54.6 Å². The SMILES string of the molecule is CC(C)(O)C(C)(C)O.[B]c1ccc2c(c1)-c1cccc3cccc-2c13. The molecule has 2 nitrogen and oxygen atoms in total. The van der Waals surface area contributed by atoms with E-state index in [-0.39, 0.29) is 0 Å². The average Bonchev–Trinajstić information content (AvgIpc) is 2.82. The average molecular weight is 330 g/mol. The summed E-state index contributed by atoms with van der Waals surface area (Å²) < 4.78 is 0. The van der Waals surface area contributed by atoms with Crippen LogP contribution in [0.15, 0.2) is 54.6 Å².